The molecule has 19 heavy (non-hydrogen) atoms. The van der Waals surface area contributed by atoms with Crippen molar-refractivity contribution >= 4 is 27.9 Å². The summed E-state index contributed by atoms with van der Waals surface area (Å²) in [5.74, 6) is 0. The maximum atomic E-state index is 3.53. The largest absolute Gasteiger partial charge is 0.358 e. The second-order valence-electron chi connectivity index (χ2n) is 4.76. The minimum absolute atomic E-state index is 0. The van der Waals surface area contributed by atoms with Crippen molar-refractivity contribution in [2.24, 2.45) is 0 Å². The lowest BCUT2D eigenvalue weighted by Gasteiger charge is -2.01. The molecule has 0 aliphatic heterocycles. The molecule has 1 aromatic heterocycles. The predicted octanol–water partition coefficient (Wildman–Crippen LogP) is 4.84. The van der Waals surface area contributed by atoms with Gasteiger partial charge in [-0.15, -0.1) is 17.0 Å². The first-order valence-corrected chi connectivity index (χ1v) is 6.45. The number of aryl methyl sites for hydroxylation is 3. The molecule has 0 saturated carbocycles. The van der Waals surface area contributed by atoms with E-state index in [1.54, 1.807) is 0 Å². The van der Waals surface area contributed by atoms with Crippen LogP contribution in [0.1, 0.15) is 16.8 Å². The number of hydrogen-bond donors (Lipinski definition) is 1. The van der Waals surface area contributed by atoms with E-state index >= 15 is 0 Å². The summed E-state index contributed by atoms with van der Waals surface area (Å²) in [5.41, 5.74) is 5.40. The molecule has 0 saturated heterocycles. The number of H-pyrrole nitrogens is 1. The van der Waals surface area contributed by atoms with Gasteiger partial charge in [0.25, 0.3) is 0 Å². The second-order valence-corrected chi connectivity index (χ2v) is 4.76. The number of halogens is 1. The SMILES string of the molecule is Br.Cc1c(CCc2ccccc2)[nH]c2ccccc12. The topological polar surface area (TPSA) is 15.8 Å². The minimum atomic E-state index is 0. The van der Waals surface area contributed by atoms with Gasteiger partial charge in [0.1, 0.15) is 0 Å². The first-order chi connectivity index (χ1) is 8.84. The molecule has 0 radical (unpaired) electrons. The second kappa shape index (κ2) is 6.07. The lowest BCUT2D eigenvalue weighted by molar-refractivity contribution is 0.920. The highest BCUT2D eigenvalue weighted by atomic mass is 79.9. The molecular weight excluding hydrogens is 298 g/mol. The molecule has 2 heteroatoms. The van der Waals surface area contributed by atoms with Gasteiger partial charge in [-0.05, 0) is 37.0 Å². The summed E-state index contributed by atoms with van der Waals surface area (Å²) in [4.78, 5) is 3.53. The maximum Gasteiger partial charge on any atom is 0.0458 e. The molecule has 1 heterocycles. The number of fused-ring (bicyclic) bond motifs is 1. The zero-order valence-corrected chi connectivity index (χ0v) is 12.7. The van der Waals surface area contributed by atoms with Gasteiger partial charge in [0.2, 0.25) is 0 Å². The first kappa shape index (κ1) is 13.9. The van der Waals surface area contributed by atoms with Gasteiger partial charge in [0.15, 0.2) is 0 Å². The molecule has 2 aromatic carbocycles. The third-order valence-electron chi connectivity index (χ3n) is 3.58. The Hall–Kier alpha value is -1.54. The quantitative estimate of drug-likeness (QED) is 0.712. The fraction of sp³-hybridized carbons (Fsp3) is 0.176. The van der Waals surface area contributed by atoms with Gasteiger partial charge in [-0.25, -0.2) is 0 Å². The van der Waals surface area contributed by atoms with Crippen molar-refractivity contribution in [3.63, 3.8) is 0 Å². The lowest BCUT2D eigenvalue weighted by atomic mass is 10.1. The number of aromatic amines is 1. The average molecular weight is 316 g/mol. The lowest BCUT2D eigenvalue weighted by Crippen LogP contribution is -1.93. The number of hydrogen-bond acceptors (Lipinski definition) is 0. The maximum absolute atomic E-state index is 3.53. The normalized spacial score (nSPS) is 10.4. The standard InChI is InChI=1S/C17H17N.BrH/c1-13-15-9-5-6-10-17(15)18-16(13)12-11-14-7-3-2-4-8-14;/h2-10,18H,11-12H2,1H3;1H. The molecule has 1 nitrogen and oxygen atoms in total. The van der Waals surface area contributed by atoms with Crippen LogP contribution in [0, 0.1) is 6.92 Å². The van der Waals surface area contributed by atoms with Gasteiger partial charge < -0.3 is 4.98 Å². The fourth-order valence-electron chi connectivity index (χ4n) is 2.50. The number of nitrogens with one attached hydrogen (secondary N) is 1. The Kier molecular flexibility index (Phi) is 4.43. The van der Waals surface area contributed by atoms with Gasteiger partial charge in [-0.2, -0.15) is 0 Å². The minimum Gasteiger partial charge on any atom is -0.358 e. The molecule has 0 atom stereocenters. The molecule has 0 bridgehead atoms. The molecular formula is C17H18BrN. The van der Waals surface area contributed by atoms with Gasteiger partial charge in [-0.1, -0.05) is 48.5 Å². The van der Waals surface area contributed by atoms with Crippen LogP contribution >= 0.6 is 17.0 Å². The van der Waals surface area contributed by atoms with Gasteiger partial charge in [-0.3, -0.25) is 0 Å². The van der Waals surface area contributed by atoms with Crippen LogP contribution in [0.15, 0.2) is 54.6 Å². The Labute approximate surface area is 124 Å². The zero-order chi connectivity index (χ0) is 12.4. The molecule has 0 spiro atoms. The molecule has 3 aromatic rings. The van der Waals surface area contributed by atoms with Crippen LogP contribution in [0.25, 0.3) is 10.9 Å². The summed E-state index contributed by atoms with van der Waals surface area (Å²) in [5, 5.41) is 1.35. The molecule has 1 N–H and O–H groups in total. The van der Waals surface area contributed by atoms with E-state index in [1.807, 2.05) is 0 Å². The van der Waals surface area contributed by atoms with Crippen LogP contribution in [0.4, 0.5) is 0 Å². The summed E-state index contributed by atoms with van der Waals surface area (Å²) < 4.78 is 0. The fourth-order valence-corrected chi connectivity index (χ4v) is 2.50. The van der Waals surface area contributed by atoms with Crippen LogP contribution in [-0.2, 0) is 12.8 Å². The van der Waals surface area contributed by atoms with Crippen molar-refractivity contribution in [3.05, 3.63) is 71.4 Å². The molecule has 0 amide bonds. The molecule has 98 valence electrons. The highest BCUT2D eigenvalue weighted by Crippen LogP contribution is 2.22. The molecule has 0 aliphatic rings. The van der Waals surface area contributed by atoms with Crippen molar-refractivity contribution in [2.75, 3.05) is 0 Å². The summed E-state index contributed by atoms with van der Waals surface area (Å²) in [7, 11) is 0. The third-order valence-corrected chi connectivity index (χ3v) is 3.58. The van der Waals surface area contributed by atoms with E-state index < -0.39 is 0 Å². The van der Waals surface area contributed by atoms with E-state index in [1.165, 1.54) is 27.7 Å². The van der Waals surface area contributed by atoms with Gasteiger partial charge in [0.05, 0.1) is 0 Å². The van der Waals surface area contributed by atoms with Crippen molar-refractivity contribution in [1.82, 2.24) is 4.98 Å². The number of para-hydroxylation sites is 1. The average Bonchev–Trinajstić information content (AvgIpc) is 2.75. The van der Waals surface area contributed by atoms with Crippen LogP contribution < -0.4 is 0 Å². The number of benzene rings is 2. The number of aromatic nitrogens is 1. The smallest absolute Gasteiger partial charge is 0.0458 e. The van der Waals surface area contributed by atoms with E-state index in [4.69, 9.17) is 0 Å². The predicted molar refractivity (Wildman–Crippen MR) is 87.2 cm³/mol. The van der Waals surface area contributed by atoms with Crippen LogP contribution in [0.3, 0.4) is 0 Å². The van der Waals surface area contributed by atoms with Crippen molar-refractivity contribution in [1.29, 1.82) is 0 Å². The summed E-state index contributed by atoms with van der Waals surface area (Å²) in [6.45, 7) is 2.21. The molecule has 0 unspecified atom stereocenters. The van der Waals surface area contributed by atoms with Crippen molar-refractivity contribution in [3.8, 4) is 0 Å². The van der Waals surface area contributed by atoms with Gasteiger partial charge in [0, 0.05) is 16.6 Å². The third kappa shape index (κ3) is 2.90. The van der Waals surface area contributed by atoms with Crippen LogP contribution in [0.2, 0.25) is 0 Å². The molecule has 3 rings (SSSR count). The Morgan fingerprint density at radius 1 is 0.842 bits per heavy atom. The highest BCUT2D eigenvalue weighted by Gasteiger charge is 2.06. The molecule has 0 fully saturated rings. The van der Waals surface area contributed by atoms with Crippen LogP contribution in [-0.4, -0.2) is 4.98 Å². The van der Waals surface area contributed by atoms with Crippen molar-refractivity contribution in [2.45, 2.75) is 19.8 Å². The molecule has 0 aliphatic carbocycles. The highest BCUT2D eigenvalue weighted by molar-refractivity contribution is 8.93. The Balaban J connectivity index is 0.00000133. The van der Waals surface area contributed by atoms with Crippen LogP contribution in [0.5, 0.6) is 0 Å². The van der Waals surface area contributed by atoms with Gasteiger partial charge >= 0.3 is 0 Å². The Bertz CT molecular complexity index is 655. The first-order valence-electron chi connectivity index (χ1n) is 6.45. The van der Waals surface area contributed by atoms with E-state index in [9.17, 15) is 0 Å². The van der Waals surface area contributed by atoms with E-state index in [0.29, 0.717) is 0 Å². The Morgan fingerprint density at radius 2 is 1.53 bits per heavy atom. The summed E-state index contributed by atoms with van der Waals surface area (Å²) in [6, 6.07) is 19.2. The zero-order valence-electron chi connectivity index (χ0n) is 11.0. The monoisotopic (exact) mass is 315 g/mol. The van der Waals surface area contributed by atoms with Crippen molar-refractivity contribution < 1.29 is 0 Å². The summed E-state index contributed by atoms with van der Waals surface area (Å²) >= 11 is 0. The van der Waals surface area contributed by atoms with E-state index in [2.05, 4.69) is 66.5 Å². The summed E-state index contributed by atoms with van der Waals surface area (Å²) in [6.07, 6.45) is 2.17. The van der Waals surface area contributed by atoms with E-state index in [0.717, 1.165) is 12.8 Å². The Morgan fingerprint density at radius 3 is 2.26 bits per heavy atom. The van der Waals surface area contributed by atoms with E-state index in [-0.39, 0.29) is 17.0 Å². The number of rotatable bonds is 3.